The molecule has 0 N–H and O–H groups in total. The molecule has 0 bridgehead atoms. The van der Waals surface area contributed by atoms with Gasteiger partial charge in [0, 0.05) is 49.3 Å². The van der Waals surface area contributed by atoms with Gasteiger partial charge < -0.3 is 13.7 Å². The van der Waals surface area contributed by atoms with Crippen LogP contribution in [0.1, 0.15) is 5.56 Å². The van der Waals surface area contributed by atoms with E-state index < -0.39 is 0 Å². The van der Waals surface area contributed by atoms with Crippen molar-refractivity contribution in [2.75, 3.05) is 0 Å². The second-order valence-corrected chi connectivity index (χ2v) is 13.9. The summed E-state index contributed by atoms with van der Waals surface area (Å²) < 4.78 is 6.94. The molecule has 0 radical (unpaired) electrons. The van der Waals surface area contributed by atoms with Gasteiger partial charge >= 0.3 is 0 Å². The van der Waals surface area contributed by atoms with E-state index in [2.05, 4.69) is 176 Å². The molecule has 0 saturated heterocycles. The molecular formula is C50H29N5. The van der Waals surface area contributed by atoms with Crippen LogP contribution in [0.25, 0.3) is 98.5 Å². The van der Waals surface area contributed by atoms with E-state index in [1.54, 1.807) is 6.07 Å². The summed E-state index contributed by atoms with van der Waals surface area (Å²) in [5, 5.41) is 17.2. The van der Waals surface area contributed by atoms with E-state index in [-0.39, 0.29) is 0 Å². The largest absolute Gasteiger partial charge is 0.318 e. The number of benzene rings is 8. The molecule has 0 amide bonds. The van der Waals surface area contributed by atoms with Crippen LogP contribution in [-0.2, 0) is 0 Å². The molecule has 8 aromatic carbocycles. The first-order chi connectivity index (χ1) is 27.2. The highest BCUT2D eigenvalue weighted by Gasteiger charge is 2.23. The number of para-hydroxylation sites is 5. The summed E-state index contributed by atoms with van der Waals surface area (Å²) in [6.07, 6.45) is 0. The van der Waals surface area contributed by atoms with Crippen LogP contribution in [0.4, 0.5) is 5.69 Å². The van der Waals surface area contributed by atoms with Crippen LogP contribution >= 0.6 is 0 Å². The molecule has 0 unspecified atom stereocenters. The van der Waals surface area contributed by atoms with Crippen molar-refractivity contribution in [1.29, 1.82) is 5.26 Å². The summed E-state index contributed by atoms with van der Waals surface area (Å²) in [5.74, 6) is 0. The average Bonchev–Trinajstić information content (AvgIpc) is 3.89. The van der Waals surface area contributed by atoms with E-state index in [9.17, 15) is 5.26 Å². The van der Waals surface area contributed by atoms with Crippen LogP contribution in [0.5, 0.6) is 0 Å². The van der Waals surface area contributed by atoms with Gasteiger partial charge in [-0.15, -0.1) is 0 Å². The van der Waals surface area contributed by atoms with Crippen molar-refractivity contribution in [2.45, 2.75) is 0 Å². The van der Waals surface area contributed by atoms with Gasteiger partial charge in [-0.05, 0) is 77.9 Å². The topological polar surface area (TPSA) is 42.9 Å². The lowest BCUT2D eigenvalue weighted by atomic mass is 9.99. The Morgan fingerprint density at radius 2 is 0.982 bits per heavy atom. The van der Waals surface area contributed by atoms with Crippen molar-refractivity contribution in [3.63, 3.8) is 0 Å². The fraction of sp³-hybridized carbons (Fsp3) is 0. The smallest absolute Gasteiger partial charge is 0.212 e. The predicted octanol–water partition coefficient (Wildman–Crippen LogP) is 13.1. The maximum Gasteiger partial charge on any atom is 0.212 e. The van der Waals surface area contributed by atoms with Crippen LogP contribution in [-0.4, -0.2) is 13.7 Å². The minimum atomic E-state index is 0.434. The normalized spacial score (nSPS) is 11.6. The summed E-state index contributed by atoms with van der Waals surface area (Å²) in [6, 6.07) is 63.6. The quantitative estimate of drug-likeness (QED) is 0.169. The van der Waals surface area contributed by atoms with Crippen LogP contribution in [0.3, 0.4) is 0 Å². The first-order valence-electron chi connectivity index (χ1n) is 18.3. The highest BCUT2D eigenvalue weighted by molar-refractivity contribution is 6.26. The molecule has 0 atom stereocenters. The Kier molecular flexibility index (Phi) is 6.61. The predicted molar refractivity (Wildman–Crippen MR) is 226 cm³/mol. The maximum atomic E-state index is 10.1. The van der Waals surface area contributed by atoms with Crippen LogP contribution in [0, 0.1) is 17.9 Å². The Labute approximate surface area is 316 Å². The minimum absolute atomic E-state index is 0.434. The van der Waals surface area contributed by atoms with E-state index in [1.165, 1.54) is 21.5 Å². The van der Waals surface area contributed by atoms with E-state index in [0.29, 0.717) is 11.3 Å². The molecule has 55 heavy (non-hydrogen) atoms. The number of hydrogen-bond acceptors (Lipinski definition) is 1. The van der Waals surface area contributed by atoms with Crippen molar-refractivity contribution in [3.05, 3.63) is 193 Å². The van der Waals surface area contributed by atoms with Gasteiger partial charge in [0.05, 0.1) is 51.4 Å². The lowest BCUT2D eigenvalue weighted by Gasteiger charge is -2.17. The van der Waals surface area contributed by atoms with Gasteiger partial charge in [0.25, 0.3) is 0 Å². The fourth-order valence-corrected chi connectivity index (χ4v) is 8.81. The number of fused-ring (bicyclic) bond motifs is 10. The second kappa shape index (κ2) is 11.8. The third-order valence-electron chi connectivity index (χ3n) is 11.1. The molecule has 5 heteroatoms. The molecule has 11 aromatic rings. The average molecular weight is 700 g/mol. The number of aromatic nitrogens is 3. The van der Waals surface area contributed by atoms with Gasteiger partial charge in [0.1, 0.15) is 0 Å². The molecule has 0 aliphatic carbocycles. The summed E-state index contributed by atoms with van der Waals surface area (Å²) in [6.45, 7) is 8.29. The number of rotatable bonds is 4. The van der Waals surface area contributed by atoms with Gasteiger partial charge in [-0.1, -0.05) is 109 Å². The Morgan fingerprint density at radius 1 is 0.455 bits per heavy atom. The summed E-state index contributed by atoms with van der Waals surface area (Å²) in [7, 11) is 0. The zero-order valence-electron chi connectivity index (χ0n) is 29.5. The zero-order chi connectivity index (χ0) is 36.6. The first-order valence-corrected chi connectivity index (χ1v) is 18.3. The lowest BCUT2D eigenvalue weighted by Crippen LogP contribution is -1.99. The van der Waals surface area contributed by atoms with Crippen molar-refractivity contribution in [3.8, 4) is 34.3 Å². The zero-order valence-corrected chi connectivity index (χ0v) is 29.5. The third-order valence-corrected chi connectivity index (χ3v) is 11.1. The molecule has 0 spiro atoms. The summed E-state index contributed by atoms with van der Waals surface area (Å²) in [4.78, 5) is 4.01. The van der Waals surface area contributed by atoms with Crippen molar-refractivity contribution >= 4 is 71.1 Å². The standard InChI is InChI=1S/C50H29N5/c1-52-42-30-32(31-51)29-41(49(42)55-44-20-10-5-15-36(44)37-16-6-11-21-45(37)55)33-23-25-35(26-24-33)54-43-19-9-7-17-38(43)39-27-28-47-48(50(39)54)40-18-8-12-22-46(40)53(47)34-13-3-2-4-14-34/h2-30H. The van der Waals surface area contributed by atoms with E-state index in [4.69, 9.17) is 6.57 Å². The summed E-state index contributed by atoms with van der Waals surface area (Å²) >= 11 is 0. The molecule has 3 heterocycles. The molecule has 0 fully saturated rings. The SMILES string of the molecule is [C-]#[N+]c1cc(C#N)cc(-c2ccc(-n3c4ccccc4c4ccc5c(c6ccccc6n5-c5ccccc5)c43)cc2)c1-n1c2ccccc2c2ccccc21. The van der Waals surface area contributed by atoms with Crippen LogP contribution < -0.4 is 0 Å². The van der Waals surface area contributed by atoms with Crippen molar-refractivity contribution < 1.29 is 0 Å². The summed E-state index contributed by atoms with van der Waals surface area (Å²) in [5.41, 5.74) is 12.2. The molecule has 11 rings (SSSR count). The molecule has 0 aliphatic heterocycles. The first kappa shape index (κ1) is 30.7. The number of nitrogens with zero attached hydrogens (tertiary/aromatic N) is 5. The van der Waals surface area contributed by atoms with Crippen LogP contribution in [0.2, 0.25) is 0 Å². The maximum absolute atomic E-state index is 10.1. The Bertz CT molecular complexity index is 3380. The fourth-order valence-electron chi connectivity index (χ4n) is 8.81. The Morgan fingerprint density at radius 3 is 1.60 bits per heavy atom. The minimum Gasteiger partial charge on any atom is -0.318 e. The Hall–Kier alpha value is -7.86. The van der Waals surface area contributed by atoms with Crippen molar-refractivity contribution in [2.24, 2.45) is 0 Å². The van der Waals surface area contributed by atoms with E-state index in [0.717, 1.165) is 72.1 Å². The van der Waals surface area contributed by atoms with Gasteiger partial charge in [-0.2, -0.15) is 5.26 Å². The molecule has 0 aliphatic rings. The van der Waals surface area contributed by atoms with Gasteiger partial charge in [-0.3, -0.25) is 0 Å². The molecular weight excluding hydrogens is 671 g/mol. The highest BCUT2D eigenvalue weighted by atomic mass is 15.0. The van der Waals surface area contributed by atoms with Gasteiger partial charge in [-0.25, -0.2) is 4.85 Å². The molecule has 254 valence electrons. The monoisotopic (exact) mass is 699 g/mol. The van der Waals surface area contributed by atoms with E-state index >= 15 is 0 Å². The lowest BCUT2D eigenvalue weighted by molar-refractivity contribution is 1.17. The molecule has 0 saturated carbocycles. The number of hydrogen-bond donors (Lipinski definition) is 0. The van der Waals surface area contributed by atoms with Gasteiger partial charge in [0.2, 0.25) is 5.69 Å². The number of nitriles is 1. The Balaban J connectivity index is 1.18. The molecule has 3 aromatic heterocycles. The van der Waals surface area contributed by atoms with E-state index in [1.807, 2.05) is 18.2 Å². The third kappa shape index (κ3) is 4.39. The second-order valence-electron chi connectivity index (χ2n) is 13.9. The molecule has 5 nitrogen and oxygen atoms in total. The highest BCUT2D eigenvalue weighted by Crippen LogP contribution is 2.44. The van der Waals surface area contributed by atoms with Gasteiger partial charge in [0.15, 0.2) is 0 Å². The van der Waals surface area contributed by atoms with Crippen LogP contribution in [0.15, 0.2) is 176 Å². The van der Waals surface area contributed by atoms with Crippen molar-refractivity contribution in [1.82, 2.24) is 13.7 Å².